The van der Waals surface area contributed by atoms with E-state index in [1.54, 1.807) is 22.8 Å². The molecule has 0 aliphatic carbocycles. The molecule has 4 N–H and O–H groups in total. The average Bonchev–Trinajstić information content (AvgIpc) is 3.05. The van der Waals surface area contributed by atoms with Gasteiger partial charge in [0.05, 0.1) is 17.5 Å². The van der Waals surface area contributed by atoms with E-state index >= 15 is 0 Å². The first kappa shape index (κ1) is 21.0. The quantitative estimate of drug-likeness (QED) is 0.279. The van der Waals surface area contributed by atoms with Crippen molar-refractivity contribution < 1.29 is 24.7 Å². The molecule has 0 aliphatic heterocycles. The highest BCUT2D eigenvalue weighted by Gasteiger charge is 2.17. The number of aryl methyl sites for hydroxylation is 2. The van der Waals surface area contributed by atoms with Crippen LogP contribution in [0.1, 0.15) is 37.7 Å². The molecule has 3 aromatic rings. The Bertz CT molecular complexity index is 1120. The zero-order valence-corrected chi connectivity index (χ0v) is 16.4. The lowest BCUT2D eigenvalue weighted by Gasteiger charge is -2.14. The fourth-order valence-corrected chi connectivity index (χ4v) is 3.12. The van der Waals surface area contributed by atoms with Crippen molar-refractivity contribution in [3.8, 4) is 5.69 Å². The molecule has 0 radical (unpaired) electrons. The van der Waals surface area contributed by atoms with Crippen LogP contribution in [0.4, 0.5) is 0 Å². The molecule has 9 heteroatoms. The number of benzene rings is 2. The molecule has 0 aliphatic rings. The van der Waals surface area contributed by atoms with E-state index < -0.39 is 19.0 Å². The van der Waals surface area contributed by atoms with Gasteiger partial charge in [0.15, 0.2) is 0 Å². The number of hydrogen-bond acceptors (Lipinski definition) is 5. The Balaban J connectivity index is 1.85. The van der Waals surface area contributed by atoms with Gasteiger partial charge >= 0.3 is 13.1 Å². The first-order valence-electron chi connectivity index (χ1n) is 9.10. The predicted octanol–water partition coefficient (Wildman–Crippen LogP) is 1.24. The Kier molecular flexibility index (Phi) is 6.15. The highest BCUT2D eigenvalue weighted by molar-refractivity contribution is 6.58. The summed E-state index contributed by atoms with van der Waals surface area (Å²) in [6, 6.07) is 14.5. The molecule has 0 spiro atoms. The van der Waals surface area contributed by atoms with Gasteiger partial charge in [0.25, 0.3) is 5.91 Å². The molecule has 1 amide bonds. The Morgan fingerprint density at radius 1 is 1.03 bits per heavy atom. The summed E-state index contributed by atoms with van der Waals surface area (Å²) in [7, 11) is -1.60. The number of amides is 1. The van der Waals surface area contributed by atoms with Crippen LogP contribution >= 0.6 is 0 Å². The second-order valence-electron chi connectivity index (χ2n) is 6.73. The van der Waals surface area contributed by atoms with Gasteiger partial charge in [0.2, 0.25) is 0 Å². The molecule has 1 aromatic heterocycles. The Morgan fingerprint density at radius 2 is 1.73 bits per heavy atom. The lowest BCUT2D eigenvalue weighted by atomic mass is 9.80. The maximum absolute atomic E-state index is 12.5. The van der Waals surface area contributed by atoms with Crippen molar-refractivity contribution >= 4 is 30.7 Å². The molecule has 0 fully saturated rings. The first-order chi connectivity index (χ1) is 14.3. The third-order valence-electron chi connectivity index (χ3n) is 4.59. The minimum atomic E-state index is -1.60. The third kappa shape index (κ3) is 4.48. The molecule has 1 heterocycles. The maximum Gasteiger partial charge on any atom is 0.488 e. The lowest BCUT2D eigenvalue weighted by Crippen LogP contribution is -2.29. The van der Waals surface area contributed by atoms with Crippen LogP contribution < -0.4 is 10.9 Å². The number of carbonyl (C=O) groups excluding carboxylic acids is 1. The second kappa shape index (κ2) is 8.77. The van der Waals surface area contributed by atoms with Crippen molar-refractivity contribution in [1.29, 1.82) is 0 Å². The van der Waals surface area contributed by atoms with Crippen molar-refractivity contribution in [3.63, 3.8) is 0 Å². The predicted molar refractivity (Wildman–Crippen MR) is 114 cm³/mol. The van der Waals surface area contributed by atoms with Crippen LogP contribution in [0.2, 0.25) is 0 Å². The number of aromatic carboxylic acids is 1. The summed E-state index contributed by atoms with van der Waals surface area (Å²) in [5.74, 6) is -1.60. The fraction of sp³-hybridized carbons (Fsp3) is 0.0952. The standard InChI is InChI=1S/C21H20BN3O5/c1-13-6-7-14(2)25(13)19-11-16(8-9-18(19)21(27)28)20(26)24-23-12-15-4-3-5-17(10-15)22(29)30/h3-12,29-30H,1-2H3,(H,24,26)(H,27,28)/b23-12+. The number of hydrogen-bond donors (Lipinski definition) is 4. The third-order valence-corrected chi connectivity index (χ3v) is 4.59. The van der Waals surface area contributed by atoms with Gasteiger partial charge in [0, 0.05) is 17.0 Å². The van der Waals surface area contributed by atoms with Crippen molar-refractivity contribution in [2.45, 2.75) is 13.8 Å². The molecular weight excluding hydrogens is 385 g/mol. The van der Waals surface area contributed by atoms with E-state index in [0.29, 0.717) is 16.7 Å². The monoisotopic (exact) mass is 405 g/mol. The number of carbonyl (C=O) groups is 2. The number of carboxylic acids is 1. The molecule has 0 unspecified atom stereocenters. The maximum atomic E-state index is 12.5. The van der Waals surface area contributed by atoms with E-state index in [-0.39, 0.29) is 11.1 Å². The van der Waals surface area contributed by atoms with Gasteiger partial charge in [0.1, 0.15) is 0 Å². The highest BCUT2D eigenvalue weighted by Crippen LogP contribution is 2.22. The summed E-state index contributed by atoms with van der Waals surface area (Å²) in [6.07, 6.45) is 1.37. The largest absolute Gasteiger partial charge is 0.488 e. The molecule has 152 valence electrons. The number of carboxylic acid groups (broad SMARTS) is 1. The van der Waals surface area contributed by atoms with Gasteiger partial charge in [-0.05, 0) is 55.2 Å². The van der Waals surface area contributed by atoms with Crippen molar-refractivity contribution in [3.05, 3.63) is 82.7 Å². The average molecular weight is 405 g/mol. The smallest absolute Gasteiger partial charge is 0.478 e. The highest BCUT2D eigenvalue weighted by atomic mass is 16.4. The van der Waals surface area contributed by atoms with Crippen LogP contribution in [0.5, 0.6) is 0 Å². The number of aromatic nitrogens is 1. The molecule has 0 bridgehead atoms. The summed E-state index contributed by atoms with van der Waals surface area (Å²) in [5, 5.41) is 31.8. The minimum absolute atomic E-state index is 0.0804. The van der Waals surface area contributed by atoms with Crippen LogP contribution in [0, 0.1) is 13.8 Å². The fourth-order valence-electron chi connectivity index (χ4n) is 3.12. The Labute approximate surface area is 173 Å². The first-order valence-corrected chi connectivity index (χ1v) is 9.10. The van der Waals surface area contributed by atoms with Crippen LogP contribution in [-0.4, -0.2) is 44.9 Å². The summed E-state index contributed by atoms with van der Waals surface area (Å²) in [6.45, 7) is 3.71. The number of rotatable bonds is 6. The zero-order valence-electron chi connectivity index (χ0n) is 16.4. The van der Waals surface area contributed by atoms with Gasteiger partial charge in [-0.3, -0.25) is 4.79 Å². The van der Waals surface area contributed by atoms with E-state index in [9.17, 15) is 24.7 Å². The summed E-state index contributed by atoms with van der Waals surface area (Å²) in [5.41, 5.74) is 5.68. The SMILES string of the molecule is Cc1ccc(C)n1-c1cc(C(=O)N/N=C/c2cccc(B(O)O)c2)ccc1C(=O)O. The van der Waals surface area contributed by atoms with Gasteiger partial charge in [-0.25, -0.2) is 10.2 Å². The molecule has 0 saturated heterocycles. The summed E-state index contributed by atoms with van der Waals surface area (Å²) >= 11 is 0. The molecule has 30 heavy (non-hydrogen) atoms. The van der Waals surface area contributed by atoms with Crippen LogP contribution in [0.25, 0.3) is 5.69 Å². The number of nitrogens with one attached hydrogen (secondary N) is 1. The lowest BCUT2D eigenvalue weighted by molar-refractivity contribution is 0.0696. The van der Waals surface area contributed by atoms with E-state index in [1.165, 1.54) is 30.5 Å². The van der Waals surface area contributed by atoms with Crippen molar-refractivity contribution in [1.82, 2.24) is 9.99 Å². The van der Waals surface area contributed by atoms with E-state index in [2.05, 4.69) is 10.5 Å². The van der Waals surface area contributed by atoms with Crippen molar-refractivity contribution in [2.24, 2.45) is 5.10 Å². The minimum Gasteiger partial charge on any atom is -0.478 e. The van der Waals surface area contributed by atoms with Crippen LogP contribution in [-0.2, 0) is 0 Å². The molecule has 8 nitrogen and oxygen atoms in total. The van der Waals surface area contributed by atoms with Crippen LogP contribution in [0.3, 0.4) is 0 Å². The normalized spacial score (nSPS) is 10.9. The summed E-state index contributed by atoms with van der Waals surface area (Å²) < 4.78 is 1.77. The zero-order chi connectivity index (χ0) is 21.8. The van der Waals surface area contributed by atoms with Crippen molar-refractivity contribution in [2.75, 3.05) is 0 Å². The van der Waals surface area contributed by atoms with Gasteiger partial charge in [-0.2, -0.15) is 5.10 Å². The van der Waals surface area contributed by atoms with Crippen LogP contribution in [0.15, 0.2) is 59.7 Å². The topological polar surface area (TPSA) is 124 Å². The second-order valence-corrected chi connectivity index (χ2v) is 6.73. The summed E-state index contributed by atoms with van der Waals surface area (Å²) in [4.78, 5) is 24.2. The molecule has 0 saturated carbocycles. The molecule has 0 atom stereocenters. The van der Waals surface area contributed by atoms with Gasteiger partial charge in [-0.1, -0.05) is 24.3 Å². The molecular formula is C21H20BN3O5. The Morgan fingerprint density at radius 3 is 2.37 bits per heavy atom. The van der Waals surface area contributed by atoms with Gasteiger partial charge < -0.3 is 19.7 Å². The van der Waals surface area contributed by atoms with E-state index in [1.807, 2.05) is 26.0 Å². The number of hydrazone groups is 1. The molecule has 2 aromatic carbocycles. The van der Waals surface area contributed by atoms with Gasteiger partial charge in [-0.15, -0.1) is 0 Å². The van der Waals surface area contributed by atoms with E-state index in [0.717, 1.165) is 11.4 Å². The Hall–Kier alpha value is -3.69. The number of nitrogens with zero attached hydrogens (tertiary/aromatic N) is 2. The van der Waals surface area contributed by atoms with E-state index in [4.69, 9.17) is 0 Å². The molecule has 3 rings (SSSR count).